The molecule has 0 spiro atoms. The van der Waals surface area contributed by atoms with Crippen LogP contribution in [0.25, 0.3) is 0 Å². The van der Waals surface area contributed by atoms with Gasteiger partial charge < -0.3 is 4.74 Å². The van der Waals surface area contributed by atoms with Crippen LogP contribution in [0.2, 0.25) is 0 Å². The van der Waals surface area contributed by atoms with Crippen molar-refractivity contribution in [3.05, 3.63) is 23.8 Å². The molecule has 0 N–H and O–H groups in total. The molecule has 106 valence electrons. The second kappa shape index (κ2) is 6.11. The minimum absolute atomic E-state index is 0.228. The van der Waals surface area contributed by atoms with Crippen LogP contribution in [0.1, 0.15) is 24.8 Å². The molecule has 4 nitrogen and oxygen atoms in total. The summed E-state index contributed by atoms with van der Waals surface area (Å²) in [4.78, 5) is 0.228. The van der Waals surface area contributed by atoms with Gasteiger partial charge in [0.25, 0.3) is 0 Å². The highest BCUT2D eigenvalue weighted by molar-refractivity contribution is 7.89. The van der Waals surface area contributed by atoms with Crippen molar-refractivity contribution in [2.45, 2.75) is 30.0 Å². The van der Waals surface area contributed by atoms with Gasteiger partial charge in [-0.05, 0) is 30.5 Å². The zero-order valence-corrected chi connectivity index (χ0v) is 12.5. The summed E-state index contributed by atoms with van der Waals surface area (Å²) in [6.07, 6.45) is 2.93. The summed E-state index contributed by atoms with van der Waals surface area (Å²) in [5.41, 5.74) is 0.844. The van der Waals surface area contributed by atoms with Gasteiger partial charge in [-0.3, -0.25) is 0 Å². The van der Waals surface area contributed by atoms with Crippen molar-refractivity contribution in [1.82, 2.24) is 4.31 Å². The lowest BCUT2D eigenvalue weighted by Crippen LogP contribution is -2.35. The van der Waals surface area contributed by atoms with Crippen molar-refractivity contribution in [3.8, 4) is 5.75 Å². The Morgan fingerprint density at radius 2 is 1.95 bits per heavy atom. The Kier molecular flexibility index (Phi) is 4.71. The van der Waals surface area contributed by atoms with Gasteiger partial charge >= 0.3 is 0 Å². The van der Waals surface area contributed by atoms with Gasteiger partial charge in [0.15, 0.2) is 0 Å². The lowest BCUT2D eigenvalue weighted by atomic mass is 10.2. The third-order valence-corrected chi connectivity index (χ3v) is 5.56. The van der Waals surface area contributed by atoms with E-state index in [0.29, 0.717) is 24.7 Å². The fourth-order valence-electron chi connectivity index (χ4n) is 2.25. The number of nitrogens with zero attached hydrogens (tertiary/aromatic N) is 1. The molecule has 1 aromatic carbocycles. The van der Waals surface area contributed by atoms with Crippen LogP contribution in [0.15, 0.2) is 23.1 Å². The van der Waals surface area contributed by atoms with Crippen molar-refractivity contribution in [2.24, 2.45) is 0 Å². The summed E-state index contributed by atoms with van der Waals surface area (Å²) >= 11 is 5.76. The van der Waals surface area contributed by atoms with Gasteiger partial charge in [-0.1, -0.05) is 12.5 Å². The molecule has 2 rings (SSSR count). The van der Waals surface area contributed by atoms with Gasteiger partial charge in [-0.15, -0.1) is 11.6 Å². The number of hydrogen-bond acceptors (Lipinski definition) is 3. The molecule has 0 aliphatic carbocycles. The quantitative estimate of drug-likeness (QED) is 0.803. The highest BCUT2D eigenvalue weighted by Crippen LogP contribution is 2.29. The number of methoxy groups -OCH3 is 1. The maximum Gasteiger partial charge on any atom is 0.246 e. The van der Waals surface area contributed by atoms with Crippen molar-refractivity contribution >= 4 is 21.6 Å². The molecular weight excluding hydrogens is 286 g/mol. The van der Waals surface area contributed by atoms with E-state index in [9.17, 15) is 8.42 Å². The number of halogens is 1. The summed E-state index contributed by atoms with van der Waals surface area (Å²) in [5.74, 6) is 0.698. The third kappa shape index (κ3) is 3.04. The molecule has 1 fully saturated rings. The van der Waals surface area contributed by atoms with E-state index in [-0.39, 0.29) is 4.90 Å². The Morgan fingerprint density at radius 3 is 2.53 bits per heavy atom. The van der Waals surface area contributed by atoms with Gasteiger partial charge in [-0.25, -0.2) is 8.42 Å². The van der Waals surface area contributed by atoms with Crippen molar-refractivity contribution < 1.29 is 13.2 Å². The Balaban J connectivity index is 2.39. The Labute approximate surface area is 119 Å². The molecule has 0 bridgehead atoms. The number of piperidine rings is 1. The predicted molar refractivity (Wildman–Crippen MR) is 75.2 cm³/mol. The second-order valence-electron chi connectivity index (χ2n) is 4.58. The molecule has 0 amide bonds. The first-order chi connectivity index (χ1) is 9.09. The van der Waals surface area contributed by atoms with Crippen molar-refractivity contribution in [1.29, 1.82) is 0 Å². The van der Waals surface area contributed by atoms with Gasteiger partial charge in [0.05, 0.1) is 7.11 Å². The summed E-state index contributed by atoms with van der Waals surface area (Å²) in [7, 11) is -1.99. The van der Waals surface area contributed by atoms with E-state index in [4.69, 9.17) is 16.3 Å². The van der Waals surface area contributed by atoms with Crippen LogP contribution in [0.3, 0.4) is 0 Å². The maximum atomic E-state index is 12.6. The van der Waals surface area contributed by atoms with Gasteiger partial charge in [0.1, 0.15) is 10.6 Å². The standard InChI is InChI=1S/C13H18ClNO3S/c1-18-12-9-11(10-14)5-6-13(12)19(16,17)15-7-3-2-4-8-15/h5-6,9H,2-4,7-8,10H2,1H3. The monoisotopic (exact) mass is 303 g/mol. The van der Waals surface area contributed by atoms with E-state index in [1.54, 1.807) is 18.2 Å². The lowest BCUT2D eigenvalue weighted by molar-refractivity contribution is 0.342. The van der Waals surface area contributed by atoms with E-state index < -0.39 is 10.0 Å². The zero-order chi connectivity index (χ0) is 13.9. The number of ether oxygens (including phenoxy) is 1. The first kappa shape index (κ1) is 14.6. The Bertz CT molecular complexity index is 539. The van der Waals surface area contributed by atoms with E-state index in [0.717, 1.165) is 24.8 Å². The molecule has 1 aliphatic rings. The van der Waals surface area contributed by atoms with Crippen LogP contribution in [0, 0.1) is 0 Å². The average molecular weight is 304 g/mol. The summed E-state index contributed by atoms with van der Waals surface area (Å²) in [5, 5.41) is 0. The SMILES string of the molecule is COc1cc(CCl)ccc1S(=O)(=O)N1CCCCC1. The number of rotatable bonds is 4. The molecule has 1 saturated heterocycles. The minimum Gasteiger partial charge on any atom is -0.495 e. The van der Waals surface area contributed by atoms with Gasteiger partial charge in [-0.2, -0.15) is 4.31 Å². The van der Waals surface area contributed by atoms with Crippen LogP contribution in [0.4, 0.5) is 0 Å². The van der Waals surface area contributed by atoms with Crippen LogP contribution in [-0.2, 0) is 15.9 Å². The smallest absolute Gasteiger partial charge is 0.246 e. The summed E-state index contributed by atoms with van der Waals surface area (Å²) in [6.45, 7) is 1.17. The maximum absolute atomic E-state index is 12.6. The topological polar surface area (TPSA) is 46.6 Å². The van der Waals surface area contributed by atoms with Crippen LogP contribution >= 0.6 is 11.6 Å². The van der Waals surface area contributed by atoms with Gasteiger partial charge in [0.2, 0.25) is 10.0 Å². The normalized spacial score (nSPS) is 17.4. The molecule has 0 atom stereocenters. The van der Waals surface area contributed by atoms with Crippen molar-refractivity contribution in [3.63, 3.8) is 0 Å². The number of hydrogen-bond donors (Lipinski definition) is 0. The van der Waals surface area contributed by atoms with E-state index in [1.165, 1.54) is 11.4 Å². The van der Waals surface area contributed by atoms with Gasteiger partial charge in [0, 0.05) is 19.0 Å². The zero-order valence-electron chi connectivity index (χ0n) is 10.9. The molecule has 0 aromatic heterocycles. The number of benzene rings is 1. The average Bonchev–Trinajstić information content (AvgIpc) is 2.47. The minimum atomic E-state index is -3.46. The van der Waals surface area contributed by atoms with E-state index in [2.05, 4.69) is 0 Å². The molecule has 0 unspecified atom stereocenters. The highest BCUT2D eigenvalue weighted by Gasteiger charge is 2.28. The number of alkyl halides is 1. The van der Waals surface area contributed by atoms with Crippen LogP contribution in [-0.4, -0.2) is 32.9 Å². The Morgan fingerprint density at radius 1 is 1.26 bits per heavy atom. The predicted octanol–water partition coefficient (Wildman–Crippen LogP) is 2.61. The number of sulfonamides is 1. The summed E-state index contributed by atoms with van der Waals surface area (Å²) in [6, 6.07) is 5.00. The van der Waals surface area contributed by atoms with Crippen molar-refractivity contribution in [2.75, 3.05) is 20.2 Å². The lowest BCUT2D eigenvalue weighted by Gasteiger charge is -2.26. The highest BCUT2D eigenvalue weighted by atomic mass is 35.5. The fourth-order valence-corrected chi connectivity index (χ4v) is 4.07. The molecule has 1 aliphatic heterocycles. The second-order valence-corrected chi connectivity index (χ2v) is 6.76. The molecule has 6 heteroatoms. The molecule has 1 aromatic rings. The first-order valence-corrected chi connectivity index (χ1v) is 8.30. The molecule has 1 heterocycles. The fraction of sp³-hybridized carbons (Fsp3) is 0.538. The molecular formula is C13H18ClNO3S. The first-order valence-electron chi connectivity index (χ1n) is 6.32. The van der Waals surface area contributed by atoms with E-state index in [1.807, 2.05) is 0 Å². The Hall–Kier alpha value is -0.780. The largest absolute Gasteiger partial charge is 0.495 e. The molecule has 19 heavy (non-hydrogen) atoms. The molecule has 0 saturated carbocycles. The van der Waals surface area contributed by atoms with E-state index >= 15 is 0 Å². The molecule has 0 radical (unpaired) electrons. The summed E-state index contributed by atoms with van der Waals surface area (Å²) < 4.78 is 31.9. The third-order valence-electron chi connectivity index (χ3n) is 3.32. The van der Waals surface area contributed by atoms with Crippen LogP contribution in [0.5, 0.6) is 5.75 Å². The van der Waals surface area contributed by atoms with Crippen LogP contribution < -0.4 is 4.74 Å².